The Labute approximate surface area is 717 Å². The quantitative estimate of drug-likeness (QED) is 0.0288. The van der Waals surface area contributed by atoms with Gasteiger partial charge >= 0.3 is 75.1 Å². The second-order valence-electron chi connectivity index (χ2n) is 26.8. The Morgan fingerprint density at radius 1 is 0.554 bits per heavy atom. The van der Waals surface area contributed by atoms with Gasteiger partial charge in [-0.2, -0.15) is 13.2 Å². The van der Waals surface area contributed by atoms with Crippen LogP contribution in [0, 0.1) is 0 Å². The van der Waals surface area contributed by atoms with Gasteiger partial charge in [0, 0.05) is 137 Å². The summed E-state index contributed by atoms with van der Waals surface area (Å²) in [5.74, 6) is -0.199. The number of amides is 3. The summed E-state index contributed by atoms with van der Waals surface area (Å²) in [5.41, 5.74) is 28.8. The third-order valence-corrected chi connectivity index (χ3v) is 20.4. The van der Waals surface area contributed by atoms with Crippen molar-refractivity contribution < 1.29 is 145 Å². The Morgan fingerprint density at radius 2 is 0.911 bits per heavy atom. The molecule has 3 aliphatic carbocycles. The number of halogens is 5. The molecule has 3 aromatic heterocycles. The Morgan fingerprint density at radius 3 is 1.30 bits per heavy atom. The Bertz CT molecular complexity index is 5520. The molecule has 0 bridgehead atoms. The molecule has 9 aromatic carbocycles. The second-order valence-corrected chi connectivity index (χ2v) is 27.6. The molecule has 112 heavy (non-hydrogen) atoms. The monoisotopic (exact) mass is 1690 g/mol. The number of rotatable bonds is 12. The van der Waals surface area contributed by atoms with Gasteiger partial charge in [0.15, 0.2) is 0 Å². The fraction of sp³-hybridized carbons (Fsp3) is 0.310. The number of benzene rings is 9. The topological polar surface area (TPSA) is 269 Å². The number of hydrogen-bond acceptors (Lipinski definition) is 13. The summed E-state index contributed by atoms with van der Waals surface area (Å²) in [6.45, 7) is 16.5. The third kappa shape index (κ3) is 16.7. The first-order valence-corrected chi connectivity index (χ1v) is 36.5. The van der Waals surface area contributed by atoms with Crippen molar-refractivity contribution in [3.63, 3.8) is 0 Å². The number of aliphatic hydroxyl groups is 2. The van der Waals surface area contributed by atoms with Gasteiger partial charge in [0.05, 0.1) is 70.6 Å². The summed E-state index contributed by atoms with van der Waals surface area (Å²) in [6, 6.07) is 44.0. The number of aromatic amines is 3. The van der Waals surface area contributed by atoms with Gasteiger partial charge in [-0.1, -0.05) is 113 Å². The van der Waals surface area contributed by atoms with Gasteiger partial charge in [-0.05, 0) is 161 Å². The van der Waals surface area contributed by atoms with E-state index >= 15 is 0 Å². The van der Waals surface area contributed by atoms with E-state index in [-0.39, 0.29) is 133 Å². The van der Waals surface area contributed by atoms with Crippen LogP contribution in [0.4, 0.5) is 13.2 Å². The van der Waals surface area contributed by atoms with Gasteiger partial charge in [-0.25, -0.2) is 0 Å². The summed E-state index contributed by atoms with van der Waals surface area (Å²) < 4.78 is 48.1. The minimum Gasteiger partial charge on any atom is -0.662 e. The molecule has 19 nitrogen and oxygen atoms in total. The first-order valence-electron chi connectivity index (χ1n) is 35.4. The van der Waals surface area contributed by atoms with Gasteiger partial charge in [0.1, 0.15) is 6.29 Å². The standard InChI is InChI=1S/C27H26N2O3.C26H24N2O3.C25H22N2O2.C2HF3O.C2H4O.CH2Cl2.CH2O3.3CH4.Cs/c1-4-32-13-15-9-10-20-18(11-15)22-19-12-29(3)27(31)24(19)23-17-8-6-5-7-16(17)21(14(2)30)25(23)26(22)28-20;1-3-31-12-14-8-9-19-17(10-14)21-18-11-27-26(30)23(18)22-16-7-5-4-6-15(16)20(13(2)29)24(22)25(21)28-19;1-3-29-13-14-8-9-20-17(10-14)22-19-12-27(2)25(28)23(19)21-16-7-5-4-6-15(16)11-18(21)24(22)26-20;3-2(4,5)1-6;1-2-3;2-1-3;2-1-4-3;;;;/h5-11,14,21,28,30H,4,12-13H2,1-3H3;4-10,13,20,28-29H,3,11-12H2,1-2H3,(H,27,30);4-10,26H,3,11-13H2,1-2H3;1H;2H,1H3;1H2;1,3H;3*1H4;/q;;;;;;;;;;+1/p-1. The Balaban J connectivity index is 0.000000189. The zero-order chi connectivity index (χ0) is 77.2. The Hall–Kier alpha value is -8.22. The number of aromatic nitrogens is 3. The number of nitrogens with one attached hydrogen (secondary N) is 4. The molecule has 0 saturated heterocycles. The predicted molar refractivity (Wildman–Crippen MR) is 430 cm³/mol. The second kappa shape index (κ2) is 38.3. The zero-order valence-corrected chi connectivity index (χ0v) is 69.4. The number of hydrogen-bond donors (Lipinski definition) is 6. The van der Waals surface area contributed by atoms with Crippen molar-refractivity contribution in [2.75, 3.05) is 39.3 Å². The van der Waals surface area contributed by atoms with Gasteiger partial charge in [-0.3, -0.25) is 24.0 Å². The SMILES string of the molecule is C.C.C.CC=O.CCOCc1ccc2[nH]c3c4c(c5c(c3c2c1)CN(C)C5=O)-c1ccccc1C4.CCOCc1ccc2[nH]c3c4c(c5c(c3c2c1)CN(C)C5=O)-c1ccccc1C4C(C)O.CCOCc1ccc2[nH]c3c4c(c5c(c3c2c1)CNC5=O)-c1ccccc1C4C(C)O.ClCCl.O=CC(F)(F)F.O=CO[O-].[Cs+]. The molecule has 25 heteroatoms. The van der Waals surface area contributed by atoms with Crippen molar-refractivity contribution in [3.05, 3.63) is 211 Å². The average molecular weight is 1690 g/mol. The number of nitrogens with zero attached hydrogens (tertiary/aromatic N) is 2. The predicted octanol–water partition coefficient (Wildman–Crippen LogP) is 14.3. The van der Waals surface area contributed by atoms with Crippen LogP contribution >= 0.6 is 23.2 Å². The van der Waals surface area contributed by atoms with Gasteiger partial charge in [0.2, 0.25) is 6.29 Å². The third-order valence-electron chi connectivity index (χ3n) is 20.4. The fourth-order valence-electron chi connectivity index (χ4n) is 16.4. The van der Waals surface area contributed by atoms with Crippen LogP contribution in [0.2, 0.25) is 0 Å². The molecule has 4 unspecified atom stereocenters. The molecule has 0 saturated carbocycles. The number of alkyl halides is 5. The number of aldehydes is 2. The molecule has 0 spiro atoms. The van der Waals surface area contributed by atoms with Crippen molar-refractivity contribution in [2.45, 2.75) is 140 Å². The van der Waals surface area contributed by atoms with E-state index in [1.807, 2.05) is 77.9 Å². The van der Waals surface area contributed by atoms with Crippen molar-refractivity contribution in [2.24, 2.45) is 0 Å². The summed E-state index contributed by atoms with van der Waals surface area (Å²) in [4.78, 5) is 82.9. The number of fused-ring (bicyclic) bond motifs is 30. The maximum Gasteiger partial charge on any atom is 1.00 e. The van der Waals surface area contributed by atoms with Gasteiger partial charge in [-0.15, -0.1) is 23.2 Å². The van der Waals surface area contributed by atoms with Crippen LogP contribution in [0.5, 0.6) is 0 Å². The summed E-state index contributed by atoms with van der Waals surface area (Å²) >= 11 is 9.53. The van der Waals surface area contributed by atoms with Crippen LogP contribution in [0.25, 0.3) is 98.8 Å². The first kappa shape index (κ1) is 89.3. The summed E-state index contributed by atoms with van der Waals surface area (Å²) in [7, 11) is 3.76. The number of carbonyl (C=O) groups excluding carboxylic acids is 6. The van der Waals surface area contributed by atoms with E-state index in [0.29, 0.717) is 59.3 Å². The van der Waals surface area contributed by atoms with Crippen LogP contribution < -0.4 is 79.5 Å². The van der Waals surface area contributed by atoms with E-state index in [4.69, 9.17) is 57.1 Å². The van der Waals surface area contributed by atoms with Crippen LogP contribution in [-0.2, 0) is 79.4 Å². The van der Waals surface area contributed by atoms with Crippen molar-refractivity contribution in [1.29, 1.82) is 0 Å². The number of H-pyrrole nitrogens is 3. The van der Waals surface area contributed by atoms with Crippen molar-refractivity contribution >= 4 is 125 Å². The molecule has 6 heterocycles. The molecule has 6 aliphatic rings. The van der Waals surface area contributed by atoms with E-state index in [0.717, 1.165) is 162 Å². The molecular weight excluding hydrogens is 1600 g/mol. The maximum atomic E-state index is 13.4. The zero-order valence-electron chi connectivity index (χ0n) is 61.6. The fourth-order valence-corrected chi connectivity index (χ4v) is 16.4. The molecule has 0 radical (unpaired) electrons. The number of aliphatic hydroxyl groups excluding tert-OH is 2. The van der Waals surface area contributed by atoms with Crippen LogP contribution in [0.1, 0.15) is 173 Å². The van der Waals surface area contributed by atoms with E-state index in [9.17, 15) is 37.8 Å². The first-order chi connectivity index (χ1) is 52.1. The van der Waals surface area contributed by atoms with Crippen molar-refractivity contribution in [3.8, 4) is 33.4 Å². The molecule has 3 amide bonds. The molecule has 3 aliphatic heterocycles. The number of ether oxygens (including phenoxy) is 3. The molecule has 18 rings (SSSR count). The van der Waals surface area contributed by atoms with Crippen LogP contribution in [-0.4, -0.2) is 129 Å². The summed E-state index contributed by atoms with van der Waals surface area (Å²) in [6.07, 6.45) is -5.24. The van der Waals surface area contributed by atoms with E-state index < -0.39 is 24.7 Å². The molecule has 584 valence electrons. The molecule has 6 N–H and O–H groups in total. The van der Waals surface area contributed by atoms with Crippen LogP contribution in [0.3, 0.4) is 0 Å². The van der Waals surface area contributed by atoms with E-state index in [1.165, 1.54) is 39.9 Å². The van der Waals surface area contributed by atoms with Crippen molar-refractivity contribution in [1.82, 2.24) is 30.1 Å². The molecule has 12 aromatic rings. The van der Waals surface area contributed by atoms with Crippen LogP contribution in [0.15, 0.2) is 127 Å². The minimum atomic E-state index is -4.64. The Kier molecular flexibility index (Phi) is 30.5. The number of carbonyl (C=O) groups is 6. The minimum absolute atomic E-state index is 0. The van der Waals surface area contributed by atoms with E-state index in [2.05, 4.69) is 128 Å². The van der Waals surface area contributed by atoms with E-state index in [1.54, 1.807) is 4.90 Å². The van der Waals surface area contributed by atoms with Gasteiger partial charge in [0.25, 0.3) is 24.2 Å². The largest absolute Gasteiger partial charge is 1.00 e. The average Bonchev–Trinajstić information content (AvgIpc) is 1.57. The molecule has 4 atom stereocenters. The maximum absolute atomic E-state index is 13.4. The molecular formula is C87H92Cl2CsF3N6O13. The van der Waals surface area contributed by atoms with Gasteiger partial charge < -0.3 is 69.4 Å². The summed E-state index contributed by atoms with van der Waals surface area (Å²) in [5, 5.41) is 40.1. The normalized spacial score (nSPS) is 14.8. The smallest absolute Gasteiger partial charge is 0.662 e. The molecule has 0 fully saturated rings.